The fraction of sp³-hybridized carbons (Fsp3) is 0.381. The number of aliphatic imine (C=N–C) groups is 1. The van der Waals surface area contributed by atoms with Gasteiger partial charge < -0.3 is 10.6 Å². The van der Waals surface area contributed by atoms with E-state index in [4.69, 9.17) is 0 Å². The molecule has 0 bridgehead atoms. The second kappa shape index (κ2) is 11.5. The summed E-state index contributed by atoms with van der Waals surface area (Å²) in [6.07, 6.45) is 2.07. The van der Waals surface area contributed by atoms with Gasteiger partial charge in [-0.1, -0.05) is 60.7 Å². The zero-order valence-electron chi connectivity index (χ0n) is 15.7. The van der Waals surface area contributed by atoms with E-state index in [2.05, 4.69) is 46.8 Å². The van der Waals surface area contributed by atoms with Gasteiger partial charge in [0.15, 0.2) is 5.96 Å². The fourth-order valence-electron chi connectivity index (χ4n) is 2.64. The molecule has 4 nitrogen and oxygen atoms in total. The van der Waals surface area contributed by atoms with Crippen molar-refractivity contribution in [2.75, 3.05) is 19.3 Å². The van der Waals surface area contributed by atoms with Crippen molar-refractivity contribution in [2.24, 2.45) is 4.99 Å². The molecule has 5 heteroatoms. The first-order valence-corrected chi connectivity index (χ1v) is 10.6. The maximum atomic E-state index is 12.2. The van der Waals surface area contributed by atoms with Crippen LogP contribution in [-0.4, -0.2) is 35.6 Å². The Balaban J connectivity index is 1.66. The van der Waals surface area contributed by atoms with Crippen molar-refractivity contribution in [3.8, 4) is 0 Å². The third kappa shape index (κ3) is 7.83. The maximum absolute atomic E-state index is 12.2. The third-order valence-corrected chi connectivity index (χ3v) is 5.42. The molecule has 0 spiro atoms. The monoisotopic (exact) mass is 371 g/mol. The van der Waals surface area contributed by atoms with Crippen molar-refractivity contribution in [3.05, 3.63) is 71.8 Å². The molecule has 0 aliphatic heterocycles. The number of hydrogen-bond acceptors (Lipinski definition) is 2. The molecule has 2 aromatic rings. The SMILES string of the molecule is CN=C(NCCS(=O)Cc1ccccc1)NC(C)CCc1ccccc1. The average Bonchev–Trinajstić information content (AvgIpc) is 2.67. The van der Waals surface area contributed by atoms with Crippen LogP contribution in [0.1, 0.15) is 24.5 Å². The van der Waals surface area contributed by atoms with E-state index in [1.807, 2.05) is 36.4 Å². The minimum atomic E-state index is -0.876. The molecule has 0 saturated carbocycles. The predicted octanol–water partition coefficient (Wildman–Crippen LogP) is 3.12. The highest BCUT2D eigenvalue weighted by atomic mass is 32.2. The molecule has 0 radical (unpaired) electrons. The van der Waals surface area contributed by atoms with Gasteiger partial charge >= 0.3 is 0 Å². The lowest BCUT2D eigenvalue weighted by molar-refractivity contribution is 0.595. The van der Waals surface area contributed by atoms with Gasteiger partial charge in [0.25, 0.3) is 0 Å². The quantitative estimate of drug-likeness (QED) is 0.526. The standard InChI is InChI=1S/C21H29N3OS/c1-18(13-14-19-9-5-3-6-10-19)24-21(22-2)23-15-16-26(25)17-20-11-7-4-8-12-20/h3-12,18H,13-17H2,1-2H3,(H2,22,23,24). The van der Waals surface area contributed by atoms with Crippen LogP contribution in [0.25, 0.3) is 0 Å². The highest BCUT2D eigenvalue weighted by Gasteiger charge is 2.07. The summed E-state index contributed by atoms with van der Waals surface area (Å²) in [4.78, 5) is 4.26. The van der Waals surface area contributed by atoms with E-state index in [1.165, 1.54) is 5.56 Å². The Morgan fingerprint density at radius 3 is 2.27 bits per heavy atom. The van der Waals surface area contributed by atoms with Gasteiger partial charge in [-0.05, 0) is 30.9 Å². The number of guanidine groups is 1. The summed E-state index contributed by atoms with van der Waals surface area (Å²) in [5.41, 5.74) is 2.46. The van der Waals surface area contributed by atoms with E-state index in [1.54, 1.807) is 7.05 Å². The van der Waals surface area contributed by atoms with E-state index in [9.17, 15) is 4.21 Å². The summed E-state index contributed by atoms with van der Waals surface area (Å²) >= 11 is 0. The zero-order valence-corrected chi connectivity index (χ0v) is 16.5. The summed E-state index contributed by atoms with van der Waals surface area (Å²) in [6.45, 7) is 2.80. The Kier molecular flexibility index (Phi) is 8.90. The predicted molar refractivity (Wildman–Crippen MR) is 112 cm³/mol. The van der Waals surface area contributed by atoms with Crippen molar-refractivity contribution < 1.29 is 4.21 Å². The summed E-state index contributed by atoms with van der Waals surface area (Å²) in [5.74, 6) is 1.97. The number of hydrogen-bond donors (Lipinski definition) is 2. The lowest BCUT2D eigenvalue weighted by Gasteiger charge is -2.18. The molecule has 2 aromatic carbocycles. The van der Waals surface area contributed by atoms with E-state index in [0.717, 1.165) is 24.4 Å². The average molecular weight is 372 g/mol. The number of nitrogens with zero attached hydrogens (tertiary/aromatic N) is 1. The molecule has 2 atom stereocenters. The van der Waals surface area contributed by atoms with Crippen LogP contribution in [0.2, 0.25) is 0 Å². The smallest absolute Gasteiger partial charge is 0.191 e. The van der Waals surface area contributed by atoms with Crippen LogP contribution in [0.5, 0.6) is 0 Å². The molecule has 0 aliphatic rings. The number of benzene rings is 2. The Hall–Kier alpha value is -2.14. The molecule has 0 fully saturated rings. The zero-order chi connectivity index (χ0) is 18.6. The fourth-order valence-corrected chi connectivity index (χ4v) is 3.68. The third-order valence-electron chi connectivity index (χ3n) is 4.11. The molecule has 0 saturated heterocycles. The van der Waals surface area contributed by atoms with Crippen LogP contribution in [0.3, 0.4) is 0 Å². The lowest BCUT2D eigenvalue weighted by Crippen LogP contribution is -2.43. The summed E-state index contributed by atoms with van der Waals surface area (Å²) in [7, 11) is 0.888. The Morgan fingerprint density at radius 1 is 1.04 bits per heavy atom. The van der Waals surface area contributed by atoms with Crippen molar-refractivity contribution in [1.82, 2.24) is 10.6 Å². The minimum Gasteiger partial charge on any atom is -0.355 e. The minimum absolute atomic E-state index is 0.316. The van der Waals surface area contributed by atoms with Gasteiger partial charge in [-0.15, -0.1) is 0 Å². The molecule has 2 rings (SSSR count). The molecular formula is C21H29N3OS. The maximum Gasteiger partial charge on any atom is 0.191 e. The molecule has 2 N–H and O–H groups in total. The molecule has 0 aliphatic carbocycles. The number of aryl methyl sites for hydroxylation is 1. The molecule has 140 valence electrons. The molecule has 2 unspecified atom stereocenters. The van der Waals surface area contributed by atoms with Crippen molar-refractivity contribution in [1.29, 1.82) is 0 Å². The number of rotatable bonds is 9. The lowest BCUT2D eigenvalue weighted by atomic mass is 10.1. The second-order valence-electron chi connectivity index (χ2n) is 6.34. The molecule has 0 heterocycles. The van der Waals surface area contributed by atoms with Crippen LogP contribution in [-0.2, 0) is 23.0 Å². The van der Waals surface area contributed by atoms with Crippen molar-refractivity contribution in [2.45, 2.75) is 31.6 Å². The van der Waals surface area contributed by atoms with Crippen LogP contribution >= 0.6 is 0 Å². The van der Waals surface area contributed by atoms with E-state index >= 15 is 0 Å². The topological polar surface area (TPSA) is 53.5 Å². The summed E-state index contributed by atoms with van der Waals surface area (Å²) in [6, 6.07) is 20.8. The van der Waals surface area contributed by atoms with Crippen molar-refractivity contribution in [3.63, 3.8) is 0 Å². The van der Waals surface area contributed by atoms with Gasteiger partial charge in [-0.3, -0.25) is 9.20 Å². The summed E-state index contributed by atoms with van der Waals surface area (Å²) < 4.78 is 12.2. The van der Waals surface area contributed by atoms with Crippen LogP contribution < -0.4 is 10.6 Å². The Labute approximate surface area is 159 Å². The van der Waals surface area contributed by atoms with Gasteiger partial charge in [-0.2, -0.15) is 0 Å². The molecule has 0 amide bonds. The van der Waals surface area contributed by atoms with Gasteiger partial charge in [0.05, 0.1) is 0 Å². The van der Waals surface area contributed by atoms with Crippen LogP contribution in [0.4, 0.5) is 0 Å². The van der Waals surface area contributed by atoms with E-state index < -0.39 is 10.8 Å². The van der Waals surface area contributed by atoms with Gasteiger partial charge in [0.1, 0.15) is 0 Å². The molecular weight excluding hydrogens is 342 g/mol. The normalized spacial score (nSPS) is 13.8. The number of nitrogens with one attached hydrogen (secondary N) is 2. The van der Waals surface area contributed by atoms with Crippen LogP contribution in [0.15, 0.2) is 65.7 Å². The molecule has 0 aromatic heterocycles. The first-order chi connectivity index (χ1) is 12.7. The van der Waals surface area contributed by atoms with Gasteiger partial charge in [-0.25, -0.2) is 0 Å². The van der Waals surface area contributed by atoms with Crippen molar-refractivity contribution >= 4 is 16.8 Å². The Bertz CT molecular complexity index is 689. The van der Waals surface area contributed by atoms with E-state index in [-0.39, 0.29) is 0 Å². The van der Waals surface area contributed by atoms with E-state index in [0.29, 0.717) is 24.1 Å². The largest absolute Gasteiger partial charge is 0.355 e. The highest BCUT2D eigenvalue weighted by Crippen LogP contribution is 2.05. The second-order valence-corrected chi connectivity index (χ2v) is 7.92. The highest BCUT2D eigenvalue weighted by molar-refractivity contribution is 7.84. The molecule has 26 heavy (non-hydrogen) atoms. The Morgan fingerprint density at radius 2 is 1.65 bits per heavy atom. The summed E-state index contributed by atoms with van der Waals surface area (Å²) in [5, 5.41) is 6.66. The van der Waals surface area contributed by atoms with Gasteiger partial charge in [0.2, 0.25) is 0 Å². The van der Waals surface area contributed by atoms with Crippen LogP contribution in [0, 0.1) is 0 Å². The first-order valence-electron chi connectivity index (χ1n) is 9.07. The first kappa shape index (κ1) is 20.2. The van der Waals surface area contributed by atoms with Gasteiger partial charge in [0, 0.05) is 41.9 Å².